The van der Waals surface area contributed by atoms with Gasteiger partial charge in [0.15, 0.2) is 0 Å². The molecule has 20 heavy (non-hydrogen) atoms. The molecular weight excluding hydrogens is 254 g/mol. The minimum absolute atomic E-state index is 0.00125. The second-order valence-electron chi connectivity index (χ2n) is 4.87. The van der Waals surface area contributed by atoms with Crippen molar-refractivity contribution in [1.82, 2.24) is 4.90 Å². The maximum Gasteiger partial charge on any atom is 0.258 e. The number of rotatable bonds is 3. The van der Waals surface area contributed by atoms with E-state index < -0.39 is 0 Å². The van der Waals surface area contributed by atoms with Gasteiger partial charge in [-0.3, -0.25) is 4.79 Å². The van der Waals surface area contributed by atoms with Gasteiger partial charge in [-0.2, -0.15) is 0 Å². The van der Waals surface area contributed by atoms with Crippen molar-refractivity contribution in [2.24, 2.45) is 0 Å². The van der Waals surface area contributed by atoms with Crippen LogP contribution in [0.15, 0.2) is 47.1 Å². The Hall–Kier alpha value is -2.23. The van der Waals surface area contributed by atoms with E-state index in [0.717, 1.165) is 25.1 Å². The van der Waals surface area contributed by atoms with Crippen LogP contribution in [0.4, 0.5) is 0 Å². The molecule has 1 fully saturated rings. The third-order valence-corrected chi connectivity index (χ3v) is 3.72. The van der Waals surface area contributed by atoms with Crippen molar-refractivity contribution in [3.05, 3.63) is 54.0 Å². The van der Waals surface area contributed by atoms with Gasteiger partial charge in [0.2, 0.25) is 0 Å². The lowest BCUT2D eigenvalue weighted by Gasteiger charge is -2.24. The average Bonchev–Trinajstić information content (AvgIpc) is 3.16. The van der Waals surface area contributed by atoms with E-state index in [0.29, 0.717) is 11.3 Å². The lowest BCUT2D eigenvalue weighted by atomic mass is 10.1. The first-order chi connectivity index (χ1) is 9.81. The van der Waals surface area contributed by atoms with Crippen molar-refractivity contribution in [3.63, 3.8) is 0 Å². The smallest absolute Gasteiger partial charge is 0.258 e. The molecule has 1 amide bonds. The van der Waals surface area contributed by atoms with Gasteiger partial charge in [-0.05, 0) is 37.1 Å². The fraction of sp³-hybridized carbons (Fsp3) is 0.312. The van der Waals surface area contributed by atoms with Crippen LogP contribution >= 0.6 is 0 Å². The van der Waals surface area contributed by atoms with E-state index in [-0.39, 0.29) is 11.9 Å². The molecule has 0 aliphatic carbocycles. The molecular formula is C16H17NO3. The highest BCUT2D eigenvalue weighted by Crippen LogP contribution is 2.34. The van der Waals surface area contributed by atoms with E-state index in [4.69, 9.17) is 9.15 Å². The van der Waals surface area contributed by atoms with Crippen LogP contribution in [0, 0.1) is 0 Å². The van der Waals surface area contributed by atoms with Crippen molar-refractivity contribution in [2.45, 2.75) is 18.9 Å². The number of amides is 1. The third kappa shape index (κ3) is 2.18. The van der Waals surface area contributed by atoms with Gasteiger partial charge >= 0.3 is 0 Å². The Balaban J connectivity index is 1.90. The molecule has 0 spiro atoms. The van der Waals surface area contributed by atoms with Crippen molar-refractivity contribution in [1.29, 1.82) is 0 Å². The zero-order valence-electron chi connectivity index (χ0n) is 11.4. The average molecular weight is 271 g/mol. The molecule has 2 aromatic rings. The lowest BCUT2D eigenvalue weighted by Crippen LogP contribution is -2.30. The van der Waals surface area contributed by atoms with Crippen molar-refractivity contribution in [3.8, 4) is 5.75 Å². The number of para-hydroxylation sites is 1. The molecule has 104 valence electrons. The Bertz CT molecular complexity index is 592. The SMILES string of the molecule is COc1ccccc1C(=O)N1CCC[C@@H]1c1ccco1. The van der Waals surface area contributed by atoms with Crippen LogP contribution < -0.4 is 4.74 Å². The molecule has 1 aromatic carbocycles. The van der Waals surface area contributed by atoms with Gasteiger partial charge in [0.1, 0.15) is 11.5 Å². The molecule has 0 radical (unpaired) electrons. The molecule has 0 unspecified atom stereocenters. The maximum absolute atomic E-state index is 12.7. The number of hydrogen-bond acceptors (Lipinski definition) is 3. The quantitative estimate of drug-likeness (QED) is 0.860. The summed E-state index contributed by atoms with van der Waals surface area (Å²) in [6.07, 6.45) is 3.58. The van der Waals surface area contributed by atoms with Crippen LogP contribution in [0.2, 0.25) is 0 Å². The van der Waals surface area contributed by atoms with Crippen molar-refractivity contribution in [2.75, 3.05) is 13.7 Å². The summed E-state index contributed by atoms with van der Waals surface area (Å²) in [7, 11) is 1.58. The Morgan fingerprint density at radius 3 is 2.90 bits per heavy atom. The van der Waals surface area contributed by atoms with Crippen LogP contribution in [-0.2, 0) is 0 Å². The van der Waals surface area contributed by atoms with Gasteiger partial charge in [-0.25, -0.2) is 0 Å². The number of carbonyl (C=O) groups excluding carboxylic acids is 1. The van der Waals surface area contributed by atoms with Crippen LogP contribution in [0.1, 0.15) is 35.0 Å². The highest BCUT2D eigenvalue weighted by atomic mass is 16.5. The summed E-state index contributed by atoms with van der Waals surface area (Å²) in [6, 6.07) is 11.2. The summed E-state index contributed by atoms with van der Waals surface area (Å²) in [4.78, 5) is 14.6. The largest absolute Gasteiger partial charge is 0.496 e. The summed E-state index contributed by atoms with van der Waals surface area (Å²) < 4.78 is 10.7. The number of hydrogen-bond donors (Lipinski definition) is 0. The van der Waals surface area contributed by atoms with Gasteiger partial charge in [0.25, 0.3) is 5.91 Å². The van der Waals surface area contributed by atoms with Gasteiger partial charge in [0.05, 0.1) is 25.0 Å². The van der Waals surface area contributed by atoms with Crippen molar-refractivity contribution < 1.29 is 13.9 Å². The first kappa shape index (κ1) is 12.8. The number of ether oxygens (including phenoxy) is 1. The summed E-state index contributed by atoms with van der Waals surface area (Å²) in [6.45, 7) is 0.752. The van der Waals surface area contributed by atoms with E-state index in [9.17, 15) is 4.79 Å². The Labute approximate surface area is 118 Å². The maximum atomic E-state index is 12.7. The molecule has 1 saturated heterocycles. The minimum atomic E-state index is 0.00125. The third-order valence-electron chi connectivity index (χ3n) is 3.72. The molecule has 4 heteroatoms. The fourth-order valence-corrected chi connectivity index (χ4v) is 2.76. The van der Waals surface area contributed by atoms with Crippen molar-refractivity contribution >= 4 is 5.91 Å². The minimum Gasteiger partial charge on any atom is -0.496 e. The van der Waals surface area contributed by atoms with Crippen LogP contribution in [0.25, 0.3) is 0 Å². The molecule has 1 aromatic heterocycles. The zero-order valence-corrected chi connectivity index (χ0v) is 11.4. The predicted molar refractivity (Wildman–Crippen MR) is 74.7 cm³/mol. The topological polar surface area (TPSA) is 42.7 Å². The number of likely N-dealkylation sites (tertiary alicyclic amines) is 1. The van der Waals surface area contributed by atoms with Gasteiger partial charge < -0.3 is 14.1 Å². The van der Waals surface area contributed by atoms with Gasteiger partial charge in [-0.15, -0.1) is 0 Å². The standard InChI is InChI=1S/C16H17NO3/c1-19-14-8-3-2-6-12(14)16(18)17-10-4-7-13(17)15-9-5-11-20-15/h2-3,5-6,8-9,11,13H,4,7,10H2,1H3/t13-/m1/s1. The van der Waals surface area contributed by atoms with Gasteiger partial charge in [0, 0.05) is 6.54 Å². The van der Waals surface area contributed by atoms with E-state index in [1.165, 1.54) is 0 Å². The van der Waals surface area contributed by atoms with Crippen LogP contribution in [0.5, 0.6) is 5.75 Å². The van der Waals surface area contributed by atoms with E-state index in [1.54, 1.807) is 19.4 Å². The second kappa shape index (κ2) is 5.41. The number of carbonyl (C=O) groups is 1. The first-order valence-electron chi connectivity index (χ1n) is 6.78. The Morgan fingerprint density at radius 1 is 1.30 bits per heavy atom. The molecule has 0 bridgehead atoms. The Kier molecular flexibility index (Phi) is 3.46. The van der Waals surface area contributed by atoms with E-state index in [1.807, 2.05) is 35.2 Å². The molecule has 0 saturated carbocycles. The highest BCUT2D eigenvalue weighted by molar-refractivity contribution is 5.97. The summed E-state index contributed by atoms with van der Waals surface area (Å²) >= 11 is 0. The molecule has 1 aliphatic heterocycles. The summed E-state index contributed by atoms with van der Waals surface area (Å²) in [5.74, 6) is 1.47. The highest BCUT2D eigenvalue weighted by Gasteiger charge is 2.33. The molecule has 3 rings (SSSR count). The summed E-state index contributed by atoms with van der Waals surface area (Å²) in [5, 5.41) is 0. The van der Waals surface area contributed by atoms with Gasteiger partial charge in [-0.1, -0.05) is 12.1 Å². The fourth-order valence-electron chi connectivity index (χ4n) is 2.76. The normalized spacial score (nSPS) is 18.2. The summed E-state index contributed by atoms with van der Waals surface area (Å²) in [5.41, 5.74) is 0.605. The van der Waals surface area contributed by atoms with Crippen LogP contribution in [-0.4, -0.2) is 24.5 Å². The molecule has 4 nitrogen and oxygen atoms in total. The molecule has 0 N–H and O–H groups in total. The molecule has 1 atom stereocenters. The Morgan fingerprint density at radius 2 is 2.15 bits per heavy atom. The number of benzene rings is 1. The second-order valence-corrected chi connectivity index (χ2v) is 4.87. The van der Waals surface area contributed by atoms with E-state index >= 15 is 0 Å². The number of methoxy groups -OCH3 is 1. The number of furan rings is 1. The monoisotopic (exact) mass is 271 g/mol. The molecule has 2 heterocycles. The molecule has 1 aliphatic rings. The first-order valence-corrected chi connectivity index (χ1v) is 6.78. The lowest BCUT2D eigenvalue weighted by molar-refractivity contribution is 0.0716. The zero-order chi connectivity index (χ0) is 13.9. The predicted octanol–water partition coefficient (Wildman–Crippen LogP) is 3.27. The van der Waals surface area contributed by atoms with Crippen LogP contribution in [0.3, 0.4) is 0 Å². The number of nitrogens with zero attached hydrogens (tertiary/aromatic N) is 1. The van der Waals surface area contributed by atoms with E-state index in [2.05, 4.69) is 0 Å².